The molecule has 0 bridgehead atoms. The average Bonchev–Trinajstić information content (AvgIpc) is 2.35. The van der Waals surface area contributed by atoms with Crippen LogP contribution < -0.4 is 0 Å². The third-order valence-electron chi connectivity index (χ3n) is 3.57. The van der Waals surface area contributed by atoms with Gasteiger partial charge in [-0.3, -0.25) is 4.79 Å². The number of piperidine rings is 1. The van der Waals surface area contributed by atoms with Crippen LogP contribution >= 0.6 is 15.9 Å². The zero-order chi connectivity index (χ0) is 12.8. The molecule has 0 spiro atoms. The van der Waals surface area contributed by atoms with Crippen LogP contribution in [0.25, 0.3) is 0 Å². The number of hydrogen-bond donors (Lipinski definition) is 0. The van der Waals surface area contributed by atoms with Gasteiger partial charge >= 0.3 is 0 Å². The number of nitrogens with zero attached hydrogens (tertiary/aromatic N) is 1. The first-order chi connectivity index (χ1) is 8.06. The fourth-order valence-electron chi connectivity index (χ4n) is 2.03. The Morgan fingerprint density at radius 2 is 1.94 bits per heavy atom. The van der Waals surface area contributed by atoms with Crippen LogP contribution in [-0.4, -0.2) is 41.9 Å². The molecule has 4 heteroatoms. The van der Waals surface area contributed by atoms with Gasteiger partial charge in [0.25, 0.3) is 0 Å². The molecule has 100 valence electrons. The lowest BCUT2D eigenvalue weighted by atomic mass is 9.95. The molecule has 17 heavy (non-hydrogen) atoms. The molecule has 1 rings (SSSR count). The number of ether oxygens (including phenoxy) is 1. The van der Waals surface area contributed by atoms with E-state index in [4.69, 9.17) is 4.74 Å². The fourth-order valence-corrected chi connectivity index (χ4v) is 2.21. The van der Waals surface area contributed by atoms with Gasteiger partial charge in [0, 0.05) is 24.3 Å². The van der Waals surface area contributed by atoms with Crippen molar-refractivity contribution in [3.63, 3.8) is 0 Å². The van der Waals surface area contributed by atoms with E-state index in [0.29, 0.717) is 17.9 Å². The maximum Gasteiger partial charge on any atom is 0.225 e. The first-order valence-corrected chi connectivity index (χ1v) is 7.64. The molecule has 3 nitrogen and oxygen atoms in total. The summed E-state index contributed by atoms with van der Waals surface area (Å²) in [5.41, 5.74) is 0. The van der Waals surface area contributed by atoms with Crippen molar-refractivity contribution in [3.8, 4) is 0 Å². The maximum absolute atomic E-state index is 12.1. The van der Waals surface area contributed by atoms with Gasteiger partial charge in [-0.05, 0) is 18.8 Å². The largest absolute Gasteiger partial charge is 0.377 e. The number of halogens is 1. The Balaban J connectivity index is 2.33. The monoisotopic (exact) mass is 305 g/mol. The van der Waals surface area contributed by atoms with Crippen molar-refractivity contribution in [2.75, 3.05) is 25.0 Å². The Labute approximate surface area is 113 Å². The molecule has 1 unspecified atom stereocenters. The number of amides is 1. The highest BCUT2D eigenvalue weighted by Crippen LogP contribution is 2.19. The third kappa shape index (κ3) is 4.59. The van der Waals surface area contributed by atoms with Gasteiger partial charge in [0.2, 0.25) is 5.91 Å². The van der Waals surface area contributed by atoms with Crippen LogP contribution in [0.15, 0.2) is 0 Å². The minimum Gasteiger partial charge on any atom is -0.377 e. The first kappa shape index (κ1) is 15.0. The summed E-state index contributed by atoms with van der Waals surface area (Å²) < 4.78 is 5.68. The van der Waals surface area contributed by atoms with Gasteiger partial charge in [-0.1, -0.05) is 36.7 Å². The van der Waals surface area contributed by atoms with E-state index in [1.54, 1.807) is 0 Å². The van der Waals surface area contributed by atoms with Crippen molar-refractivity contribution >= 4 is 21.8 Å². The van der Waals surface area contributed by atoms with Crippen molar-refractivity contribution in [3.05, 3.63) is 0 Å². The van der Waals surface area contributed by atoms with Crippen LogP contribution in [0, 0.1) is 11.8 Å². The molecule has 0 aromatic rings. The summed E-state index contributed by atoms with van der Waals surface area (Å²) in [6.45, 7) is 8.70. The summed E-state index contributed by atoms with van der Waals surface area (Å²) >= 11 is 3.36. The summed E-state index contributed by atoms with van der Waals surface area (Å²) in [5, 5.41) is 0.885. The smallest absolute Gasteiger partial charge is 0.225 e. The molecule has 0 aromatic heterocycles. The molecule has 1 atom stereocenters. The average molecular weight is 306 g/mol. The highest BCUT2D eigenvalue weighted by atomic mass is 79.9. The van der Waals surface area contributed by atoms with Gasteiger partial charge in [0.15, 0.2) is 0 Å². The summed E-state index contributed by atoms with van der Waals surface area (Å²) in [7, 11) is 0. The Morgan fingerprint density at radius 1 is 1.35 bits per heavy atom. The third-order valence-corrected chi connectivity index (χ3v) is 3.90. The van der Waals surface area contributed by atoms with Gasteiger partial charge in [0.1, 0.15) is 0 Å². The van der Waals surface area contributed by atoms with Crippen LogP contribution in [0.2, 0.25) is 0 Å². The fraction of sp³-hybridized carbons (Fsp3) is 0.923. The number of carbonyl (C=O) groups is 1. The molecular formula is C13H24BrNO2. The molecule has 0 aliphatic carbocycles. The summed E-state index contributed by atoms with van der Waals surface area (Å²) in [6.07, 6.45) is 2.29. The normalized spacial score (nSPS) is 19.7. The number of likely N-dealkylation sites (tertiary alicyclic amines) is 1. The Kier molecular flexibility index (Phi) is 6.49. The Bertz CT molecular complexity index is 238. The molecule has 1 aliphatic rings. The molecule has 1 saturated heterocycles. The van der Waals surface area contributed by atoms with E-state index in [-0.39, 0.29) is 5.92 Å². The molecular weight excluding hydrogens is 282 g/mol. The van der Waals surface area contributed by atoms with Crippen LogP contribution in [0.5, 0.6) is 0 Å². The lowest BCUT2D eigenvalue weighted by Gasteiger charge is -2.34. The molecule has 0 radical (unpaired) electrons. The van der Waals surface area contributed by atoms with E-state index in [9.17, 15) is 4.79 Å². The topological polar surface area (TPSA) is 29.5 Å². The summed E-state index contributed by atoms with van der Waals surface area (Å²) in [4.78, 5) is 14.1. The second kappa shape index (κ2) is 7.37. The molecule has 0 saturated carbocycles. The van der Waals surface area contributed by atoms with Crippen molar-refractivity contribution in [2.24, 2.45) is 11.8 Å². The lowest BCUT2D eigenvalue weighted by molar-refractivity contribution is -0.138. The molecule has 1 aliphatic heterocycles. The molecule has 0 aromatic carbocycles. The van der Waals surface area contributed by atoms with Crippen molar-refractivity contribution in [2.45, 2.75) is 39.7 Å². The minimum absolute atomic E-state index is 0.134. The van der Waals surface area contributed by atoms with Gasteiger partial charge in [-0.25, -0.2) is 0 Å². The van der Waals surface area contributed by atoms with E-state index in [1.165, 1.54) is 0 Å². The molecule has 0 N–H and O–H groups in total. The molecule has 1 amide bonds. The second-order valence-electron chi connectivity index (χ2n) is 5.12. The highest BCUT2D eigenvalue weighted by Gasteiger charge is 2.27. The first-order valence-electron chi connectivity index (χ1n) is 6.52. The van der Waals surface area contributed by atoms with Crippen LogP contribution in [0.3, 0.4) is 0 Å². The van der Waals surface area contributed by atoms with Gasteiger partial charge in [0.05, 0.1) is 12.7 Å². The van der Waals surface area contributed by atoms with Crippen LogP contribution in [-0.2, 0) is 9.53 Å². The van der Waals surface area contributed by atoms with E-state index in [0.717, 1.165) is 37.9 Å². The zero-order valence-corrected chi connectivity index (χ0v) is 12.7. The number of rotatable bonds is 5. The maximum atomic E-state index is 12.1. The van der Waals surface area contributed by atoms with Crippen LogP contribution in [0.4, 0.5) is 0 Å². The predicted molar refractivity (Wildman–Crippen MR) is 73.4 cm³/mol. The number of carbonyl (C=O) groups excluding carboxylic acids is 1. The van der Waals surface area contributed by atoms with Gasteiger partial charge in [-0.15, -0.1) is 0 Å². The minimum atomic E-state index is 0.134. The number of alkyl halides is 1. The van der Waals surface area contributed by atoms with Gasteiger partial charge < -0.3 is 9.64 Å². The van der Waals surface area contributed by atoms with Crippen LogP contribution in [0.1, 0.15) is 33.6 Å². The van der Waals surface area contributed by atoms with Crippen molar-refractivity contribution < 1.29 is 9.53 Å². The quantitative estimate of drug-likeness (QED) is 0.731. The van der Waals surface area contributed by atoms with Crippen molar-refractivity contribution in [1.29, 1.82) is 0 Å². The SMILES string of the molecule is CC(C)C(C)C(=O)N1CCC(OCCBr)CC1. The lowest BCUT2D eigenvalue weighted by Crippen LogP contribution is -2.44. The number of hydrogen-bond acceptors (Lipinski definition) is 2. The predicted octanol–water partition coefficient (Wildman–Crippen LogP) is 2.68. The van der Waals surface area contributed by atoms with E-state index >= 15 is 0 Å². The van der Waals surface area contributed by atoms with E-state index in [1.807, 2.05) is 11.8 Å². The van der Waals surface area contributed by atoms with Gasteiger partial charge in [-0.2, -0.15) is 0 Å². The van der Waals surface area contributed by atoms with Crippen molar-refractivity contribution in [1.82, 2.24) is 4.90 Å². The molecule has 1 heterocycles. The second-order valence-corrected chi connectivity index (χ2v) is 5.91. The Morgan fingerprint density at radius 3 is 2.41 bits per heavy atom. The summed E-state index contributed by atoms with van der Waals surface area (Å²) in [6, 6.07) is 0. The van der Waals surface area contributed by atoms with E-state index in [2.05, 4.69) is 29.8 Å². The molecule has 1 fully saturated rings. The highest BCUT2D eigenvalue weighted by molar-refractivity contribution is 9.09. The standard InChI is InChI=1S/C13H24BrNO2/c1-10(2)11(3)13(16)15-7-4-12(5-8-15)17-9-6-14/h10-12H,4-9H2,1-3H3. The summed E-state index contributed by atoms with van der Waals surface area (Å²) in [5.74, 6) is 0.860. The van der Waals surface area contributed by atoms with E-state index < -0.39 is 0 Å². The Hall–Kier alpha value is -0.0900. The zero-order valence-electron chi connectivity index (χ0n) is 11.1.